The van der Waals surface area contributed by atoms with E-state index in [-0.39, 0.29) is 34.4 Å². The highest BCUT2D eigenvalue weighted by molar-refractivity contribution is 6.08. The highest BCUT2D eigenvalue weighted by Gasteiger charge is 2.29. The van der Waals surface area contributed by atoms with Crippen LogP contribution in [0.1, 0.15) is 21.5 Å². The van der Waals surface area contributed by atoms with Gasteiger partial charge in [-0.05, 0) is 24.3 Å². The number of halogens is 2. The number of aliphatic hydroxyl groups is 1. The van der Waals surface area contributed by atoms with Gasteiger partial charge in [0.15, 0.2) is 0 Å². The number of rotatable bonds is 6. The second kappa shape index (κ2) is 10.4. The van der Waals surface area contributed by atoms with E-state index in [0.29, 0.717) is 24.9 Å². The molecule has 3 rings (SSSR count). The molecule has 0 aliphatic carbocycles. The van der Waals surface area contributed by atoms with Gasteiger partial charge in [0.1, 0.15) is 29.3 Å². The number of nitrogens with zero attached hydrogens (tertiary/aromatic N) is 1. The summed E-state index contributed by atoms with van der Waals surface area (Å²) in [7, 11) is 2.45. The van der Waals surface area contributed by atoms with E-state index >= 15 is 0 Å². The van der Waals surface area contributed by atoms with Crippen LogP contribution in [0.3, 0.4) is 0 Å². The molecule has 1 aliphatic heterocycles. The topological polar surface area (TPSA) is 155 Å². The molecule has 0 aromatic heterocycles. The van der Waals surface area contributed by atoms with Crippen LogP contribution in [-0.4, -0.2) is 61.5 Å². The van der Waals surface area contributed by atoms with Crippen molar-refractivity contribution in [1.82, 2.24) is 4.90 Å². The molecule has 1 saturated heterocycles. The molecule has 32 heavy (non-hydrogen) atoms. The van der Waals surface area contributed by atoms with Crippen molar-refractivity contribution in [2.24, 2.45) is 5.92 Å². The Balaban J connectivity index is 0.00000176. The van der Waals surface area contributed by atoms with Gasteiger partial charge in [0.05, 0.1) is 5.56 Å². The molecule has 7 N–H and O–H groups in total. The summed E-state index contributed by atoms with van der Waals surface area (Å²) in [5.74, 6) is -3.32. The number of carbonyl (C=O) groups is 2. The van der Waals surface area contributed by atoms with Crippen LogP contribution in [0.25, 0.3) is 0 Å². The zero-order valence-corrected chi connectivity index (χ0v) is 17.5. The minimum Gasteiger partial charge on any atom is -0.400 e. The van der Waals surface area contributed by atoms with Gasteiger partial charge in [-0.1, -0.05) is 0 Å². The molecule has 1 fully saturated rings. The van der Waals surface area contributed by atoms with Gasteiger partial charge in [-0.2, -0.15) is 0 Å². The van der Waals surface area contributed by atoms with E-state index in [0.717, 1.165) is 19.5 Å². The van der Waals surface area contributed by atoms with Crippen LogP contribution in [0.5, 0.6) is 0 Å². The summed E-state index contributed by atoms with van der Waals surface area (Å²) in [4.78, 5) is 25.0. The lowest BCUT2D eigenvalue weighted by atomic mass is 9.99. The second-order valence-corrected chi connectivity index (χ2v) is 6.81. The number of aliphatic hydroxyl groups excluding tert-OH is 1. The number of nitrogen functional groups attached to an aromatic ring is 1. The first-order valence-electron chi connectivity index (χ1n) is 9.45. The lowest BCUT2D eigenvalue weighted by molar-refractivity contribution is -0.114. The Morgan fingerprint density at radius 1 is 1.28 bits per heavy atom. The molecular weight excluding hydrogens is 422 g/mol. The SMILES string of the molecule is CNc1cc(F)c(C(=O)Nc2ccc(N)c(C(=N)N3CC(C=O)C3)c2)c(F)c1C=N.CO. The Kier molecular flexibility index (Phi) is 7.97. The molecule has 2 aromatic carbocycles. The summed E-state index contributed by atoms with van der Waals surface area (Å²) in [5, 5.41) is 27.6. The Bertz CT molecular complexity index is 1050. The minimum absolute atomic E-state index is 0.0444. The van der Waals surface area contributed by atoms with E-state index in [2.05, 4.69) is 10.6 Å². The summed E-state index contributed by atoms with van der Waals surface area (Å²) in [6, 6.07) is 5.29. The van der Waals surface area contributed by atoms with Crippen molar-refractivity contribution < 1.29 is 23.5 Å². The Morgan fingerprint density at radius 3 is 2.50 bits per heavy atom. The molecule has 9 nitrogen and oxygen atoms in total. The molecule has 0 spiro atoms. The van der Waals surface area contributed by atoms with Crippen molar-refractivity contribution in [3.63, 3.8) is 0 Å². The van der Waals surface area contributed by atoms with E-state index in [1.54, 1.807) is 4.90 Å². The molecule has 0 bridgehead atoms. The van der Waals surface area contributed by atoms with Gasteiger partial charge >= 0.3 is 0 Å². The minimum atomic E-state index is -1.16. The lowest BCUT2D eigenvalue weighted by Gasteiger charge is -2.38. The number of carbonyl (C=O) groups excluding carboxylic acids is 2. The predicted molar refractivity (Wildman–Crippen MR) is 119 cm³/mol. The number of aldehydes is 1. The highest BCUT2D eigenvalue weighted by Crippen LogP contribution is 2.27. The molecule has 1 aliphatic rings. The van der Waals surface area contributed by atoms with Gasteiger partial charge in [-0.3, -0.25) is 10.2 Å². The van der Waals surface area contributed by atoms with Gasteiger partial charge < -0.3 is 36.6 Å². The maximum atomic E-state index is 14.7. The average Bonchev–Trinajstić information content (AvgIpc) is 2.75. The van der Waals surface area contributed by atoms with Crippen LogP contribution in [0.2, 0.25) is 0 Å². The number of likely N-dealkylation sites (tertiary alicyclic amines) is 1. The van der Waals surface area contributed by atoms with Crippen LogP contribution >= 0.6 is 0 Å². The summed E-state index contributed by atoms with van der Waals surface area (Å²) in [6.07, 6.45) is 1.52. The van der Waals surface area contributed by atoms with E-state index in [9.17, 15) is 18.4 Å². The number of nitrogens with two attached hydrogens (primary N) is 1. The van der Waals surface area contributed by atoms with Crippen molar-refractivity contribution in [3.05, 3.63) is 52.6 Å². The average molecular weight is 446 g/mol. The number of anilines is 3. The molecule has 1 amide bonds. The fourth-order valence-corrected chi connectivity index (χ4v) is 3.17. The van der Waals surface area contributed by atoms with Crippen molar-refractivity contribution in [3.8, 4) is 0 Å². The van der Waals surface area contributed by atoms with Gasteiger partial charge in [-0.25, -0.2) is 8.78 Å². The summed E-state index contributed by atoms with van der Waals surface area (Å²) in [5.41, 5.74) is 5.71. The summed E-state index contributed by atoms with van der Waals surface area (Å²) < 4.78 is 29.0. The van der Waals surface area contributed by atoms with Crippen LogP contribution in [0.15, 0.2) is 24.3 Å². The molecule has 170 valence electrons. The number of hydrogen-bond acceptors (Lipinski definition) is 7. The maximum absolute atomic E-state index is 14.7. The summed E-state index contributed by atoms with van der Waals surface area (Å²) >= 11 is 0. The molecule has 0 unspecified atom stereocenters. The first kappa shape index (κ1) is 24.4. The second-order valence-electron chi connectivity index (χ2n) is 6.81. The molecular formula is C21H24F2N6O3. The monoisotopic (exact) mass is 446 g/mol. The Labute approximate surface area is 183 Å². The maximum Gasteiger partial charge on any atom is 0.261 e. The number of amides is 1. The number of benzene rings is 2. The number of amidine groups is 1. The van der Waals surface area contributed by atoms with Gasteiger partial charge in [0, 0.05) is 62.0 Å². The van der Waals surface area contributed by atoms with Crippen LogP contribution in [0.4, 0.5) is 25.8 Å². The zero-order valence-electron chi connectivity index (χ0n) is 17.5. The third-order valence-corrected chi connectivity index (χ3v) is 4.88. The van der Waals surface area contributed by atoms with Gasteiger partial charge in [-0.15, -0.1) is 0 Å². The molecule has 0 saturated carbocycles. The standard InChI is InChI=1S/C20H20F2N6O2.CH4O/c1-26-16-5-14(21)17(18(22)13(16)6-23)20(30)27-11-2-3-15(24)12(4-11)19(25)28-7-10(8-28)9-29;1-2/h2-6,9-10,23,25-26H,7-8,24H2,1H3,(H,27,30);2H,1H3. The van der Waals surface area contributed by atoms with Crippen molar-refractivity contribution in [2.75, 3.05) is 43.6 Å². The predicted octanol–water partition coefficient (Wildman–Crippen LogP) is 1.90. The van der Waals surface area contributed by atoms with E-state index in [1.165, 1.54) is 25.2 Å². The third kappa shape index (κ3) is 4.72. The Hall–Kier alpha value is -3.86. The van der Waals surface area contributed by atoms with E-state index < -0.39 is 23.1 Å². The number of nitrogens with one attached hydrogen (secondary N) is 4. The smallest absolute Gasteiger partial charge is 0.261 e. The summed E-state index contributed by atoms with van der Waals surface area (Å²) in [6.45, 7) is 0.804. The van der Waals surface area contributed by atoms with E-state index in [1.807, 2.05) is 0 Å². The fourth-order valence-electron chi connectivity index (χ4n) is 3.17. The van der Waals surface area contributed by atoms with E-state index in [4.69, 9.17) is 21.7 Å². The van der Waals surface area contributed by atoms with Crippen molar-refractivity contribution in [2.45, 2.75) is 0 Å². The fraction of sp³-hybridized carbons (Fsp3) is 0.238. The normalized spacial score (nSPS) is 12.7. The lowest BCUT2D eigenvalue weighted by Crippen LogP contribution is -2.50. The first-order valence-corrected chi connectivity index (χ1v) is 9.45. The number of hydrogen-bond donors (Lipinski definition) is 6. The van der Waals surface area contributed by atoms with Crippen LogP contribution < -0.4 is 16.4 Å². The first-order chi connectivity index (χ1) is 15.3. The molecule has 0 radical (unpaired) electrons. The van der Waals surface area contributed by atoms with Gasteiger partial charge in [0.2, 0.25) is 0 Å². The van der Waals surface area contributed by atoms with Gasteiger partial charge in [0.25, 0.3) is 5.91 Å². The molecule has 11 heteroatoms. The third-order valence-electron chi connectivity index (χ3n) is 4.88. The van der Waals surface area contributed by atoms with Crippen LogP contribution in [0, 0.1) is 28.4 Å². The van der Waals surface area contributed by atoms with Crippen molar-refractivity contribution >= 4 is 41.3 Å². The highest BCUT2D eigenvalue weighted by atomic mass is 19.1. The largest absolute Gasteiger partial charge is 0.400 e. The molecule has 0 atom stereocenters. The quantitative estimate of drug-likeness (QED) is 0.172. The molecule has 1 heterocycles. The zero-order chi connectivity index (χ0) is 24.0. The van der Waals surface area contributed by atoms with Crippen molar-refractivity contribution in [1.29, 1.82) is 10.8 Å². The molecule has 2 aromatic rings. The van der Waals surface area contributed by atoms with Crippen LogP contribution in [-0.2, 0) is 4.79 Å². The Morgan fingerprint density at radius 2 is 1.94 bits per heavy atom.